The van der Waals surface area contributed by atoms with Gasteiger partial charge in [-0.3, -0.25) is 0 Å². The van der Waals surface area contributed by atoms with Crippen molar-refractivity contribution in [2.24, 2.45) is 0 Å². The first-order chi connectivity index (χ1) is 10.1. The van der Waals surface area contributed by atoms with Crippen LogP contribution >= 0.6 is 0 Å². The molecule has 0 saturated heterocycles. The van der Waals surface area contributed by atoms with Gasteiger partial charge in [-0.25, -0.2) is 4.68 Å². The van der Waals surface area contributed by atoms with E-state index < -0.39 is 0 Å². The van der Waals surface area contributed by atoms with Crippen LogP contribution in [0.4, 0.5) is 0 Å². The fourth-order valence-electron chi connectivity index (χ4n) is 2.24. The number of rotatable bonds is 5. The highest BCUT2D eigenvalue weighted by Crippen LogP contribution is 2.26. The Hall–Kier alpha value is -2.39. The monoisotopic (exact) mass is 280 g/mol. The molecule has 0 unspecified atom stereocenters. The van der Waals surface area contributed by atoms with Gasteiger partial charge in [0.15, 0.2) is 0 Å². The van der Waals surface area contributed by atoms with Gasteiger partial charge in [0.05, 0.1) is 18.0 Å². The van der Waals surface area contributed by atoms with Crippen LogP contribution in [0.5, 0.6) is 0 Å². The third kappa shape index (κ3) is 3.03. The molecule has 0 radical (unpaired) electrons. The maximum absolute atomic E-state index is 9.15. The minimum absolute atomic E-state index is 0.0628. The van der Waals surface area contributed by atoms with Crippen molar-refractivity contribution < 1.29 is 5.11 Å². The molecule has 0 aliphatic rings. The fraction of sp³-hybridized carbons (Fsp3) is 0.167. The van der Waals surface area contributed by atoms with Crippen molar-refractivity contribution in [2.45, 2.75) is 20.5 Å². The van der Waals surface area contributed by atoms with E-state index in [1.165, 1.54) is 0 Å². The van der Waals surface area contributed by atoms with E-state index >= 15 is 0 Å². The molecule has 1 N–H and O–H groups in total. The SMILES string of the molecule is C=CC(=CC)c1ccc(-n2ccc(CO)n2)c(C(=C)C)c1. The molecule has 1 aromatic carbocycles. The number of hydrogen-bond donors (Lipinski definition) is 1. The minimum Gasteiger partial charge on any atom is -0.390 e. The predicted octanol–water partition coefficient (Wildman–Crippen LogP) is 3.99. The van der Waals surface area contributed by atoms with Gasteiger partial charge < -0.3 is 5.11 Å². The molecule has 1 heterocycles. The maximum atomic E-state index is 9.15. The average Bonchev–Trinajstić information content (AvgIpc) is 2.97. The van der Waals surface area contributed by atoms with Crippen LogP contribution < -0.4 is 0 Å². The number of nitrogens with zero attached hydrogens (tertiary/aromatic N) is 2. The molecule has 0 saturated carbocycles. The molecule has 3 nitrogen and oxygen atoms in total. The molecule has 0 fully saturated rings. The Morgan fingerprint density at radius 3 is 2.67 bits per heavy atom. The molecule has 2 rings (SSSR count). The highest BCUT2D eigenvalue weighted by atomic mass is 16.3. The quantitative estimate of drug-likeness (QED) is 0.841. The predicted molar refractivity (Wildman–Crippen MR) is 88.0 cm³/mol. The molecule has 0 atom stereocenters. The summed E-state index contributed by atoms with van der Waals surface area (Å²) in [6.07, 6.45) is 5.72. The second-order valence-electron chi connectivity index (χ2n) is 4.87. The maximum Gasteiger partial charge on any atom is 0.0883 e. The molecule has 0 aliphatic carbocycles. The lowest BCUT2D eigenvalue weighted by Gasteiger charge is -2.12. The first kappa shape index (κ1) is 15.0. The standard InChI is InChI=1S/C18H20N2O/c1-5-14(6-2)15-7-8-18(17(11-15)13(3)4)20-10-9-16(12-21)19-20/h5-11,21H,1,3,12H2,2,4H3. The van der Waals surface area contributed by atoms with Crippen LogP contribution in [0.3, 0.4) is 0 Å². The normalized spacial score (nSPS) is 11.5. The number of aromatic nitrogens is 2. The third-order valence-corrected chi connectivity index (χ3v) is 3.37. The Morgan fingerprint density at radius 2 is 2.14 bits per heavy atom. The molecule has 1 aromatic heterocycles. The highest BCUT2D eigenvalue weighted by Gasteiger charge is 2.09. The summed E-state index contributed by atoms with van der Waals surface area (Å²) in [5.74, 6) is 0. The lowest BCUT2D eigenvalue weighted by molar-refractivity contribution is 0.276. The Bertz CT molecular complexity index is 708. The van der Waals surface area contributed by atoms with Crippen molar-refractivity contribution in [1.29, 1.82) is 0 Å². The minimum atomic E-state index is -0.0628. The van der Waals surface area contributed by atoms with Crippen molar-refractivity contribution in [3.8, 4) is 5.69 Å². The van der Waals surface area contributed by atoms with E-state index in [4.69, 9.17) is 5.11 Å². The summed E-state index contributed by atoms with van der Waals surface area (Å²) < 4.78 is 1.77. The van der Waals surface area contributed by atoms with Crippen molar-refractivity contribution in [3.05, 3.63) is 72.6 Å². The lowest BCUT2D eigenvalue weighted by atomic mass is 9.98. The second-order valence-corrected chi connectivity index (χ2v) is 4.87. The van der Waals surface area contributed by atoms with E-state index in [9.17, 15) is 0 Å². The van der Waals surface area contributed by atoms with Gasteiger partial charge in [0.1, 0.15) is 0 Å². The first-order valence-electron chi connectivity index (χ1n) is 6.85. The number of aliphatic hydroxyl groups is 1. The van der Waals surface area contributed by atoms with Gasteiger partial charge in [-0.1, -0.05) is 31.4 Å². The molecule has 0 spiro atoms. The number of benzene rings is 1. The molecular formula is C18H20N2O. The van der Waals surface area contributed by atoms with E-state index in [2.05, 4.69) is 24.3 Å². The summed E-state index contributed by atoms with van der Waals surface area (Å²) in [4.78, 5) is 0. The van der Waals surface area contributed by atoms with E-state index in [1.807, 2.05) is 44.3 Å². The Balaban J connectivity index is 2.57. The van der Waals surface area contributed by atoms with Gasteiger partial charge in [0.2, 0.25) is 0 Å². The Kier molecular flexibility index (Phi) is 4.55. The number of hydrogen-bond acceptors (Lipinski definition) is 2. The van der Waals surface area contributed by atoms with E-state index in [0.717, 1.165) is 28.0 Å². The van der Waals surface area contributed by atoms with Crippen LogP contribution in [0.1, 0.15) is 30.7 Å². The largest absolute Gasteiger partial charge is 0.390 e. The van der Waals surface area contributed by atoms with E-state index in [0.29, 0.717) is 5.69 Å². The summed E-state index contributed by atoms with van der Waals surface area (Å²) in [7, 11) is 0. The van der Waals surface area contributed by atoms with Crippen LogP contribution in [0, 0.1) is 0 Å². The smallest absolute Gasteiger partial charge is 0.0883 e. The molecule has 2 aromatic rings. The van der Waals surface area contributed by atoms with Gasteiger partial charge in [-0.05, 0) is 48.8 Å². The first-order valence-corrected chi connectivity index (χ1v) is 6.85. The average molecular weight is 280 g/mol. The van der Waals surface area contributed by atoms with Gasteiger partial charge in [-0.15, -0.1) is 0 Å². The highest BCUT2D eigenvalue weighted by molar-refractivity contribution is 5.79. The van der Waals surface area contributed by atoms with Crippen LogP contribution in [-0.4, -0.2) is 14.9 Å². The number of allylic oxidation sites excluding steroid dienone is 4. The zero-order chi connectivity index (χ0) is 15.4. The summed E-state index contributed by atoms with van der Waals surface area (Å²) in [6, 6.07) is 7.95. The molecule has 0 amide bonds. The molecule has 0 aliphatic heterocycles. The molecular weight excluding hydrogens is 260 g/mol. The van der Waals surface area contributed by atoms with Gasteiger partial charge >= 0.3 is 0 Å². The lowest BCUT2D eigenvalue weighted by Crippen LogP contribution is -2.01. The van der Waals surface area contributed by atoms with E-state index in [1.54, 1.807) is 10.7 Å². The van der Waals surface area contributed by atoms with Crippen LogP contribution in [-0.2, 0) is 6.61 Å². The molecule has 0 bridgehead atoms. The van der Waals surface area contributed by atoms with Crippen LogP contribution in [0.2, 0.25) is 0 Å². The van der Waals surface area contributed by atoms with E-state index in [-0.39, 0.29) is 6.61 Å². The third-order valence-electron chi connectivity index (χ3n) is 3.37. The van der Waals surface area contributed by atoms with Gasteiger partial charge in [0.25, 0.3) is 0 Å². The summed E-state index contributed by atoms with van der Waals surface area (Å²) >= 11 is 0. The molecule has 21 heavy (non-hydrogen) atoms. The summed E-state index contributed by atoms with van der Waals surface area (Å²) in [6.45, 7) is 11.8. The zero-order valence-electron chi connectivity index (χ0n) is 12.5. The van der Waals surface area contributed by atoms with Crippen LogP contribution in [0.15, 0.2) is 55.8 Å². The second kappa shape index (κ2) is 6.37. The topological polar surface area (TPSA) is 38.0 Å². The summed E-state index contributed by atoms with van der Waals surface area (Å²) in [5.41, 5.74) is 5.77. The van der Waals surface area contributed by atoms with Crippen molar-refractivity contribution in [2.75, 3.05) is 0 Å². The van der Waals surface area contributed by atoms with Crippen molar-refractivity contribution in [3.63, 3.8) is 0 Å². The van der Waals surface area contributed by atoms with Crippen molar-refractivity contribution >= 4 is 11.1 Å². The Morgan fingerprint density at radius 1 is 1.38 bits per heavy atom. The zero-order valence-corrected chi connectivity index (χ0v) is 12.5. The number of aliphatic hydroxyl groups excluding tert-OH is 1. The molecule has 108 valence electrons. The molecule has 3 heteroatoms. The van der Waals surface area contributed by atoms with Crippen molar-refractivity contribution in [1.82, 2.24) is 9.78 Å². The van der Waals surface area contributed by atoms with Gasteiger partial charge in [0, 0.05) is 11.8 Å². The van der Waals surface area contributed by atoms with Crippen LogP contribution in [0.25, 0.3) is 16.8 Å². The Labute approximate surface area is 125 Å². The fourth-order valence-corrected chi connectivity index (χ4v) is 2.24. The van der Waals surface area contributed by atoms with Gasteiger partial charge in [-0.2, -0.15) is 5.10 Å². The summed E-state index contributed by atoms with van der Waals surface area (Å²) in [5, 5.41) is 13.5.